The summed E-state index contributed by atoms with van der Waals surface area (Å²) in [5.74, 6) is -2.23. The Bertz CT molecular complexity index is 500. The Morgan fingerprint density at radius 1 is 1.47 bits per heavy atom. The smallest absolute Gasteiger partial charge is 0.335 e. The van der Waals surface area contributed by atoms with Crippen LogP contribution in [0.5, 0.6) is 0 Å². The van der Waals surface area contributed by atoms with Crippen LogP contribution in [-0.4, -0.2) is 34.5 Å². The van der Waals surface area contributed by atoms with E-state index in [1.54, 1.807) is 0 Å². The van der Waals surface area contributed by atoms with Gasteiger partial charge in [-0.1, -0.05) is 0 Å². The predicted molar refractivity (Wildman–Crippen MR) is 55.5 cm³/mol. The van der Waals surface area contributed by atoms with Gasteiger partial charge in [0.05, 0.1) is 17.2 Å². The predicted octanol–water partition coefficient (Wildman–Crippen LogP) is -0.297. The number of hydrogen-bond acceptors (Lipinski definition) is 4. The van der Waals surface area contributed by atoms with Crippen molar-refractivity contribution in [3.8, 4) is 0 Å². The van der Waals surface area contributed by atoms with E-state index in [0.29, 0.717) is 5.69 Å². The zero-order valence-corrected chi connectivity index (χ0v) is 8.64. The van der Waals surface area contributed by atoms with Gasteiger partial charge in [0.1, 0.15) is 0 Å². The number of rotatable bonds is 2. The van der Waals surface area contributed by atoms with Crippen LogP contribution in [0.1, 0.15) is 22.0 Å². The van der Waals surface area contributed by atoms with E-state index in [2.05, 4.69) is 15.6 Å². The van der Waals surface area contributed by atoms with Crippen molar-refractivity contribution in [1.29, 1.82) is 0 Å². The van der Waals surface area contributed by atoms with Crippen LogP contribution in [0.25, 0.3) is 0 Å². The van der Waals surface area contributed by atoms with Crippen LogP contribution in [0.2, 0.25) is 0 Å². The van der Waals surface area contributed by atoms with E-state index in [1.165, 1.54) is 18.3 Å². The SMILES string of the molecule is O=C1NC[C@H](c2cc(C(=O)O)ccn2)C(=O)N1. The zero-order chi connectivity index (χ0) is 12.4. The van der Waals surface area contributed by atoms with Crippen molar-refractivity contribution in [1.82, 2.24) is 15.6 Å². The van der Waals surface area contributed by atoms with Gasteiger partial charge in [0, 0.05) is 12.7 Å². The van der Waals surface area contributed by atoms with Crippen molar-refractivity contribution in [3.05, 3.63) is 29.6 Å². The maximum absolute atomic E-state index is 11.5. The number of carbonyl (C=O) groups is 3. The molecule has 2 heterocycles. The van der Waals surface area contributed by atoms with Gasteiger partial charge in [-0.25, -0.2) is 9.59 Å². The number of aromatic carboxylic acids is 1. The van der Waals surface area contributed by atoms with Crippen LogP contribution in [0, 0.1) is 0 Å². The molecule has 3 amide bonds. The monoisotopic (exact) mass is 235 g/mol. The van der Waals surface area contributed by atoms with E-state index < -0.39 is 23.8 Å². The van der Waals surface area contributed by atoms with Crippen LogP contribution in [0.15, 0.2) is 18.3 Å². The first-order valence-corrected chi connectivity index (χ1v) is 4.86. The van der Waals surface area contributed by atoms with E-state index in [0.717, 1.165) is 0 Å². The van der Waals surface area contributed by atoms with E-state index in [4.69, 9.17) is 5.11 Å². The number of carboxylic acids is 1. The van der Waals surface area contributed by atoms with E-state index in [-0.39, 0.29) is 12.1 Å². The second-order valence-corrected chi connectivity index (χ2v) is 3.53. The average Bonchev–Trinajstić information content (AvgIpc) is 2.29. The number of carbonyl (C=O) groups excluding carboxylic acids is 2. The first-order chi connectivity index (χ1) is 8.08. The highest BCUT2D eigenvalue weighted by Crippen LogP contribution is 2.16. The maximum Gasteiger partial charge on any atom is 0.335 e. The Balaban J connectivity index is 2.28. The van der Waals surface area contributed by atoms with Gasteiger partial charge in [-0.3, -0.25) is 15.1 Å². The molecule has 1 atom stereocenters. The third-order valence-electron chi connectivity index (χ3n) is 2.41. The Morgan fingerprint density at radius 3 is 2.88 bits per heavy atom. The number of pyridine rings is 1. The zero-order valence-electron chi connectivity index (χ0n) is 8.64. The fourth-order valence-electron chi connectivity index (χ4n) is 1.54. The summed E-state index contributed by atoms with van der Waals surface area (Å²) in [4.78, 5) is 37.1. The lowest BCUT2D eigenvalue weighted by Gasteiger charge is -2.21. The van der Waals surface area contributed by atoms with Gasteiger partial charge in [-0.15, -0.1) is 0 Å². The Hall–Kier alpha value is -2.44. The second-order valence-electron chi connectivity index (χ2n) is 3.53. The average molecular weight is 235 g/mol. The van der Waals surface area contributed by atoms with Crippen molar-refractivity contribution in [2.75, 3.05) is 6.54 Å². The highest BCUT2D eigenvalue weighted by molar-refractivity contribution is 6.00. The second kappa shape index (κ2) is 4.20. The fraction of sp³-hybridized carbons (Fsp3) is 0.200. The molecule has 0 radical (unpaired) electrons. The fourth-order valence-corrected chi connectivity index (χ4v) is 1.54. The van der Waals surface area contributed by atoms with Gasteiger partial charge in [0.15, 0.2) is 0 Å². The Morgan fingerprint density at radius 2 is 2.24 bits per heavy atom. The summed E-state index contributed by atoms with van der Waals surface area (Å²) in [5, 5.41) is 13.4. The molecule has 0 aliphatic carbocycles. The summed E-state index contributed by atoms with van der Waals surface area (Å²) in [6.07, 6.45) is 1.32. The summed E-state index contributed by atoms with van der Waals surface area (Å²) in [5.41, 5.74) is 0.377. The molecule has 2 rings (SSSR count). The molecular formula is C10H9N3O4. The van der Waals surface area contributed by atoms with Gasteiger partial charge < -0.3 is 10.4 Å². The summed E-state index contributed by atoms with van der Waals surface area (Å²) in [6, 6.07) is 2.11. The van der Waals surface area contributed by atoms with Crippen molar-refractivity contribution < 1.29 is 19.5 Å². The maximum atomic E-state index is 11.5. The van der Waals surface area contributed by atoms with Gasteiger partial charge in [0.2, 0.25) is 5.91 Å². The van der Waals surface area contributed by atoms with Gasteiger partial charge in [-0.05, 0) is 12.1 Å². The van der Waals surface area contributed by atoms with E-state index in [9.17, 15) is 14.4 Å². The number of nitrogens with zero attached hydrogens (tertiary/aromatic N) is 1. The topological polar surface area (TPSA) is 108 Å². The molecule has 17 heavy (non-hydrogen) atoms. The molecule has 0 unspecified atom stereocenters. The molecule has 1 aliphatic rings. The molecule has 1 aliphatic heterocycles. The standard InChI is InChI=1S/C10H9N3O4/c14-8-6(4-12-10(17)13-8)7-3-5(9(15)16)1-2-11-7/h1-3,6H,4H2,(H,15,16)(H2,12,13,14,17)/t6-/m1/s1. The van der Waals surface area contributed by atoms with Crippen LogP contribution in [0.3, 0.4) is 0 Å². The minimum Gasteiger partial charge on any atom is -0.478 e. The van der Waals surface area contributed by atoms with Crippen molar-refractivity contribution >= 4 is 17.9 Å². The van der Waals surface area contributed by atoms with E-state index in [1.807, 2.05) is 0 Å². The molecular weight excluding hydrogens is 226 g/mol. The number of aromatic nitrogens is 1. The third kappa shape index (κ3) is 2.22. The van der Waals surface area contributed by atoms with Crippen LogP contribution in [0.4, 0.5) is 4.79 Å². The molecule has 0 bridgehead atoms. The summed E-state index contributed by atoms with van der Waals surface area (Å²) >= 11 is 0. The molecule has 88 valence electrons. The Labute approximate surface area is 95.8 Å². The number of imide groups is 1. The Kier molecular flexibility index (Phi) is 2.73. The third-order valence-corrected chi connectivity index (χ3v) is 2.41. The molecule has 0 aromatic carbocycles. The largest absolute Gasteiger partial charge is 0.478 e. The molecule has 7 heteroatoms. The minimum atomic E-state index is -1.09. The normalized spacial score (nSPS) is 19.4. The lowest BCUT2D eigenvalue weighted by atomic mass is 10.0. The quantitative estimate of drug-likeness (QED) is 0.652. The highest BCUT2D eigenvalue weighted by atomic mass is 16.4. The first-order valence-electron chi connectivity index (χ1n) is 4.86. The lowest BCUT2D eigenvalue weighted by molar-refractivity contribution is -0.122. The number of nitrogens with one attached hydrogen (secondary N) is 2. The summed E-state index contributed by atoms with van der Waals surface area (Å²) in [7, 11) is 0. The molecule has 7 nitrogen and oxygen atoms in total. The molecule has 1 saturated heterocycles. The molecule has 1 aromatic heterocycles. The number of carboxylic acid groups (broad SMARTS) is 1. The summed E-state index contributed by atoms with van der Waals surface area (Å²) < 4.78 is 0. The van der Waals surface area contributed by atoms with Crippen LogP contribution >= 0.6 is 0 Å². The van der Waals surface area contributed by atoms with Crippen molar-refractivity contribution in [2.45, 2.75) is 5.92 Å². The number of hydrogen-bond donors (Lipinski definition) is 3. The first kappa shape index (κ1) is 11.1. The van der Waals surface area contributed by atoms with E-state index >= 15 is 0 Å². The molecule has 3 N–H and O–H groups in total. The van der Waals surface area contributed by atoms with Crippen LogP contribution < -0.4 is 10.6 Å². The lowest BCUT2D eigenvalue weighted by Crippen LogP contribution is -2.51. The number of urea groups is 1. The number of amides is 3. The molecule has 0 saturated carbocycles. The minimum absolute atomic E-state index is 0.0553. The van der Waals surface area contributed by atoms with Gasteiger partial charge in [-0.2, -0.15) is 0 Å². The summed E-state index contributed by atoms with van der Waals surface area (Å²) in [6.45, 7) is 0.112. The molecule has 0 spiro atoms. The molecule has 1 fully saturated rings. The highest BCUT2D eigenvalue weighted by Gasteiger charge is 2.28. The molecule has 1 aromatic rings. The van der Waals surface area contributed by atoms with Gasteiger partial charge >= 0.3 is 12.0 Å². The van der Waals surface area contributed by atoms with Crippen molar-refractivity contribution in [2.24, 2.45) is 0 Å². The van der Waals surface area contributed by atoms with Gasteiger partial charge in [0.25, 0.3) is 0 Å². The van der Waals surface area contributed by atoms with Crippen molar-refractivity contribution in [3.63, 3.8) is 0 Å². The van der Waals surface area contributed by atoms with Crippen LogP contribution in [-0.2, 0) is 4.79 Å².